The molecule has 0 bridgehead atoms. The van der Waals surface area contributed by atoms with Crippen LogP contribution < -0.4 is 18.9 Å². The number of nitro groups is 2. The van der Waals surface area contributed by atoms with Crippen molar-refractivity contribution in [3.05, 3.63) is 92.0 Å². The second-order valence-electron chi connectivity index (χ2n) is 6.91. The average Bonchev–Trinajstić information content (AvgIpc) is 2.86. The first-order valence-corrected chi connectivity index (χ1v) is 10.1. The second-order valence-corrected chi connectivity index (χ2v) is 6.91. The molecule has 0 aliphatic carbocycles. The van der Waals surface area contributed by atoms with Crippen LogP contribution in [0.2, 0.25) is 0 Å². The van der Waals surface area contributed by atoms with E-state index in [1.165, 1.54) is 38.5 Å². The van der Waals surface area contributed by atoms with Crippen molar-refractivity contribution in [3.8, 4) is 23.0 Å². The summed E-state index contributed by atoms with van der Waals surface area (Å²) in [5, 5.41) is 22.2. The van der Waals surface area contributed by atoms with Gasteiger partial charge in [0.05, 0.1) is 35.7 Å². The molecule has 180 valence electrons. The predicted molar refractivity (Wildman–Crippen MR) is 126 cm³/mol. The summed E-state index contributed by atoms with van der Waals surface area (Å²) in [5.41, 5.74) is -0.0116. The van der Waals surface area contributed by atoms with Crippen LogP contribution in [-0.2, 0) is 4.79 Å². The molecule has 0 unspecified atom stereocenters. The van der Waals surface area contributed by atoms with Crippen LogP contribution in [0.4, 0.5) is 11.4 Å². The van der Waals surface area contributed by atoms with Gasteiger partial charge in [-0.05, 0) is 42.0 Å². The normalized spacial score (nSPS) is 10.6. The van der Waals surface area contributed by atoms with Crippen molar-refractivity contribution >= 4 is 29.5 Å². The van der Waals surface area contributed by atoms with Gasteiger partial charge in [-0.3, -0.25) is 20.2 Å². The number of rotatable bonds is 10. The Morgan fingerprint density at radius 1 is 0.829 bits per heavy atom. The summed E-state index contributed by atoms with van der Waals surface area (Å²) in [7, 11) is 2.88. The molecule has 0 aliphatic rings. The quantitative estimate of drug-likeness (QED) is 0.133. The molecule has 0 saturated heterocycles. The molecule has 35 heavy (non-hydrogen) atoms. The van der Waals surface area contributed by atoms with E-state index in [4.69, 9.17) is 18.9 Å². The molecule has 11 heteroatoms. The number of nitro benzene ring substituents is 2. The van der Waals surface area contributed by atoms with Crippen molar-refractivity contribution in [2.24, 2.45) is 0 Å². The molecule has 0 N–H and O–H groups in total. The lowest BCUT2D eigenvalue weighted by molar-refractivity contribution is -0.394. The summed E-state index contributed by atoms with van der Waals surface area (Å²) in [6.07, 6.45) is 3.01. The van der Waals surface area contributed by atoms with Crippen molar-refractivity contribution < 1.29 is 33.6 Å². The lowest BCUT2D eigenvalue weighted by atomic mass is 10.1. The third-order valence-corrected chi connectivity index (χ3v) is 4.70. The first kappa shape index (κ1) is 24.7. The highest BCUT2D eigenvalue weighted by Crippen LogP contribution is 2.31. The summed E-state index contributed by atoms with van der Waals surface area (Å²) < 4.78 is 21.2. The van der Waals surface area contributed by atoms with E-state index in [-0.39, 0.29) is 29.4 Å². The average molecular weight is 480 g/mol. The Kier molecular flexibility index (Phi) is 7.96. The Morgan fingerprint density at radius 3 is 2.20 bits per heavy atom. The number of nitrogens with zero attached hydrogens (tertiary/aromatic N) is 2. The van der Waals surface area contributed by atoms with Crippen LogP contribution in [0.5, 0.6) is 23.0 Å². The standard InChI is InChI=1S/C24H20N2O9/c1-32-20-5-3-4-6-21(20)34-15-24(27)35-22-12-8-16(13-23(22)33-2)7-9-17-10-11-18(25(28)29)14-19(17)26(30)31/h3-14H,15H2,1-2H3/b9-7+. The van der Waals surface area contributed by atoms with E-state index >= 15 is 0 Å². The largest absolute Gasteiger partial charge is 0.493 e. The third-order valence-electron chi connectivity index (χ3n) is 4.70. The molecule has 0 heterocycles. The summed E-state index contributed by atoms with van der Waals surface area (Å²) in [6.45, 7) is -0.366. The summed E-state index contributed by atoms with van der Waals surface area (Å²) in [6, 6.07) is 14.9. The van der Waals surface area contributed by atoms with Crippen LogP contribution in [0.15, 0.2) is 60.7 Å². The van der Waals surface area contributed by atoms with Gasteiger partial charge in [-0.25, -0.2) is 4.79 Å². The first-order chi connectivity index (χ1) is 16.8. The third kappa shape index (κ3) is 6.32. The first-order valence-electron chi connectivity index (χ1n) is 10.1. The second kappa shape index (κ2) is 11.3. The number of esters is 1. The maximum absolute atomic E-state index is 12.3. The van der Waals surface area contributed by atoms with Gasteiger partial charge in [-0.15, -0.1) is 0 Å². The lowest BCUT2D eigenvalue weighted by Crippen LogP contribution is -2.18. The van der Waals surface area contributed by atoms with E-state index in [1.807, 2.05) is 0 Å². The molecular weight excluding hydrogens is 460 g/mol. The Balaban J connectivity index is 1.72. The zero-order valence-electron chi connectivity index (χ0n) is 18.7. The van der Waals surface area contributed by atoms with Gasteiger partial charge in [0.2, 0.25) is 0 Å². The van der Waals surface area contributed by atoms with Crippen molar-refractivity contribution in [1.82, 2.24) is 0 Å². The molecular formula is C24H20N2O9. The van der Waals surface area contributed by atoms with Crippen LogP contribution in [0.25, 0.3) is 12.2 Å². The molecule has 0 radical (unpaired) electrons. The van der Waals surface area contributed by atoms with Crippen molar-refractivity contribution in [1.29, 1.82) is 0 Å². The van der Waals surface area contributed by atoms with Gasteiger partial charge in [0.25, 0.3) is 11.4 Å². The van der Waals surface area contributed by atoms with Crippen LogP contribution in [0, 0.1) is 20.2 Å². The van der Waals surface area contributed by atoms with Crippen molar-refractivity contribution in [2.75, 3.05) is 20.8 Å². The minimum absolute atomic E-state index is 0.152. The van der Waals surface area contributed by atoms with Crippen LogP contribution in [-0.4, -0.2) is 36.6 Å². The number of hydrogen-bond acceptors (Lipinski definition) is 9. The Labute approximate surface area is 199 Å². The summed E-state index contributed by atoms with van der Waals surface area (Å²) in [5.74, 6) is 0.594. The van der Waals surface area contributed by atoms with Gasteiger partial charge >= 0.3 is 5.97 Å². The van der Waals surface area contributed by atoms with Crippen LogP contribution >= 0.6 is 0 Å². The number of hydrogen-bond donors (Lipinski definition) is 0. The minimum atomic E-state index is -0.702. The minimum Gasteiger partial charge on any atom is -0.493 e. The molecule has 3 aromatic carbocycles. The van der Waals surface area contributed by atoms with Gasteiger partial charge < -0.3 is 18.9 Å². The van der Waals surface area contributed by atoms with Gasteiger partial charge in [0, 0.05) is 6.07 Å². The molecule has 0 aromatic heterocycles. The topological polar surface area (TPSA) is 140 Å². The Bertz CT molecular complexity index is 1290. The van der Waals surface area contributed by atoms with Crippen molar-refractivity contribution in [2.45, 2.75) is 0 Å². The molecule has 0 aliphatic heterocycles. The number of benzene rings is 3. The van der Waals surface area contributed by atoms with Gasteiger partial charge in [0.1, 0.15) is 0 Å². The smallest absolute Gasteiger partial charge is 0.349 e. The molecule has 11 nitrogen and oxygen atoms in total. The fraction of sp³-hybridized carbons (Fsp3) is 0.125. The van der Waals surface area contributed by atoms with E-state index in [0.29, 0.717) is 17.1 Å². The molecule has 3 rings (SSSR count). The molecule has 0 fully saturated rings. The van der Waals surface area contributed by atoms with Crippen molar-refractivity contribution in [3.63, 3.8) is 0 Å². The maximum atomic E-state index is 12.3. The van der Waals surface area contributed by atoms with Crippen LogP contribution in [0.3, 0.4) is 0 Å². The van der Waals surface area contributed by atoms with Gasteiger partial charge in [-0.2, -0.15) is 0 Å². The van der Waals surface area contributed by atoms with Gasteiger partial charge in [0.15, 0.2) is 29.6 Å². The highest BCUT2D eigenvalue weighted by molar-refractivity contribution is 5.77. The van der Waals surface area contributed by atoms with Gasteiger partial charge in [-0.1, -0.05) is 24.3 Å². The SMILES string of the molecule is COc1ccccc1OCC(=O)Oc1ccc(/C=C/c2ccc([N+](=O)[O-])cc2[N+](=O)[O-])cc1OC. The number of carbonyl (C=O) groups excluding carboxylic acids is 1. The number of carbonyl (C=O) groups is 1. The van der Waals surface area contributed by atoms with E-state index in [1.54, 1.807) is 42.5 Å². The highest BCUT2D eigenvalue weighted by atomic mass is 16.6. The monoisotopic (exact) mass is 480 g/mol. The number of para-hydroxylation sites is 2. The zero-order valence-corrected chi connectivity index (χ0v) is 18.7. The fourth-order valence-electron chi connectivity index (χ4n) is 3.03. The molecule has 0 amide bonds. The molecule has 3 aromatic rings. The zero-order chi connectivity index (χ0) is 25.4. The fourth-order valence-corrected chi connectivity index (χ4v) is 3.03. The molecule has 0 atom stereocenters. The number of methoxy groups -OCH3 is 2. The summed E-state index contributed by atoms with van der Waals surface area (Å²) in [4.78, 5) is 33.1. The highest BCUT2D eigenvalue weighted by Gasteiger charge is 2.18. The summed E-state index contributed by atoms with van der Waals surface area (Å²) >= 11 is 0. The van der Waals surface area contributed by atoms with E-state index in [9.17, 15) is 25.0 Å². The Hall–Kier alpha value is -4.93. The number of non-ortho nitro benzene ring substituents is 1. The molecule has 0 saturated carbocycles. The van der Waals surface area contributed by atoms with E-state index in [0.717, 1.165) is 6.07 Å². The van der Waals surface area contributed by atoms with E-state index in [2.05, 4.69) is 0 Å². The maximum Gasteiger partial charge on any atom is 0.349 e. The Morgan fingerprint density at radius 2 is 1.54 bits per heavy atom. The number of ether oxygens (including phenoxy) is 4. The van der Waals surface area contributed by atoms with E-state index < -0.39 is 21.5 Å². The molecule has 0 spiro atoms. The lowest BCUT2D eigenvalue weighted by Gasteiger charge is -2.12. The predicted octanol–water partition coefficient (Wildman–Crippen LogP) is 4.68. The van der Waals surface area contributed by atoms with Crippen LogP contribution in [0.1, 0.15) is 11.1 Å².